The Labute approximate surface area is 205 Å². The standard InChI is InChI=1S/C26H27ClN4OS/c1-16-14-26(2,3)30(4)22-13-20(27)19(12-18(16)22)24-23(21-9-5-6-10-28-21)29-25(33)31(24)15-17-8-7-11-32-17/h5-14,23-24H,15H2,1-4H3,(H,29,33)/t23-,24-/m1/s1. The monoisotopic (exact) mass is 478 g/mol. The van der Waals surface area contributed by atoms with Crippen molar-refractivity contribution in [1.82, 2.24) is 15.2 Å². The maximum absolute atomic E-state index is 7.01. The molecule has 1 saturated heterocycles. The Balaban J connectivity index is 1.65. The molecule has 5 rings (SSSR count). The number of aromatic nitrogens is 1. The summed E-state index contributed by atoms with van der Waals surface area (Å²) in [5.74, 6) is 0.845. The number of hydrogen-bond donors (Lipinski definition) is 1. The lowest BCUT2D eigenvalue weighted by molar-refractivity contribution is 0.287. The van der Waals surface area contributed by atoms with E-state index in [2.05, 4.69) is 66.1 Å². The van der Waals surface area contributed by atoms with E-state index in [4.69, 9.17) is 28.2 Å². The minimum atomic E-state index is -0.136. The van der Waals surface area contributed by atoms with Gasteiger partial charge in [-0.3, -0.25) is 4.98 Å². The van der Waals surface area contributed by atoms with E-state index in [1.54, 1.807) is 6.26 Å². The van der Waals surface area contributed by atoms with Gasteiger partial charge in [-0.2, -0.15) is 0 Å². The molecule has 0 saturated carbocycles. The zero-order valence-corrected chi connectivity index (χ0v) is 20.7. The van der Waals surface area contributed by atoms with Gasteiger partial charge in [0, 0.05) is 29.5 Å². The zero-order chi connectivity index (χ0) is 23.3. The van der Waals surface area contributed by atoms with Gasteiger partial charge < -0.3 is 19.5 Å². The summed E-state index contributed by atoms with van der Waals surface area (Å²) in [5.41, 5.74) is 5.42. The van der Waals surface area contributed by atoms with Crippen molar-refractivity contribution in [2.75, 3.05) is 11.9 Å². The molecule has 7 heteroatoms. The lowest BCUT2D eigenvalue weighted by Gasteiger charge is -2.41. The largest absolute Gasteiger partial charge is 0.467 e. The number of fused-ring (bicyclic) bond motifs is 1. The van der Waals surface area contributed by atoms with Crippen LogP contribution in [0, 0.1) is 0 Å². The number of pyridine rings is 1. The summed E-state index contributed by atoms with van der Waals surface area (Å²) >= 11 is 12.8. The summed E-state index contributed by atoms with van der Waals surface area (Å²) in [6, 6.07) is 13.8. The third kappa shape index (κ3) is 3.81. The molecule has 2 aliphatic heterocycles. The smallest absolute Gasteiger partial charge is 0.170 e. The van der Waals surface area contributed by atoms with Gasteiger partial charge in [0.05, 0.1) is 36.1 Å². The second-order valence-corrected chi connectivity index (χ2v) is 10.1. The minimum Gasteiger partial charge on any atom is -0.467 e. The fourth-order valence-corrected chi connectivity index (χ4v) is 5.47. The average molecular weight is 479 g/mol. The highest BCUT2D eigenvalue weighted by molar-refractivity contribution is 7.80. The highest BCUT2D eigenvalue weighted by atomic mass is 35.5. The molecule has 3 aromatic rings. The Kier molecular flexibility index (Phi) is 5.46. The Morgan fingerprint density at radius 2 is 2.03 bits per heavy atom. The number of likely N-dealkylation sites (N-methyl/N-ethyl adjacent to an activating group) is 1. The maximum Gasteiger partial charge on any atom is 0.170 e. The van der Waals surface area contributed by atoms with Crippen LogP contribution in [0.25, 0.3) is 5.57 Å². The van der Waals surface area contributed by atoms with Crippen molar-refractivity contribution in [1.29, 1.82) is 0 Å². The van der Waals surface area contributed by atoms with E-state index in [1.807, 2.05) is 36.5 Å². The first kappa shape index (κ1) is 22.0. The van der Waals surface area contributed by atoms with Gasteiger partial charge in [0.15, 0.2) is 5.11 Å². The number of nitrogens with zero attached hydrogens (tertiary/aromatic N) is 3. The third-order valence-electron chi connectivity index (χ3n) is 6.76. The first-order valence-corrected chi connectivity index (χ1v) is 11.8. The first-order chi connectivity index (χ1) is 15.8. The van der Waals surface area contributed by atoms with Gasteiger partial charge in [-0.05, 0) is 80.5 Å². The first-order valence-electron chi connectivity index (χ1n) is 11.0. The average Bonchev–Trinajstić information content (AvgIpc) is 3.41. The molecule has 33 heavy (non-hydrogen) atoms. The third-order valence-corrected chi connectivity index (χ3v) is 7.44. The van der Waals surface area contributed by atoms with E-state index in [9.17, 15) is 0 Å². The van der Waals surface area contributed by atoms with Crippen molar-refractivity contribution >= 4 is 40.2 Å². The molecule has 0 unspecified atom stereocenters. The van der Waals surface area contributed by atoms with Crippen LogP contribution in [0.4, 0.5) is 5.69 Å². The van der Waals surface area contributed by atoms with E-state index < -0.39 is 0 Å². The van der Waals surface area contributed by atoms with Crippen molar-refractivity contribution in [3.63, 3.8) is 0 Å². The van der Waals surface area contributed by atoms with Gasteiger partial charge in [0.2, 0.25) is 0 Å². The number of halogens is 1. The van der Waals surface area contributed by atoms with E-state index in [0.29, 0.717) is 16.7 Å². The second-order valence-electron chi connectivity index (χ2n) is 9.26. The zero-order valence-electron chi connectivity index (χ0n) is 19.2. The van der Waals surface area contributed by atoms with Gasteiger partial charge >= 0.3 is 0 Å². The molecule has 0 aliphatic carbocycles. The number of nitrogens with one attached hydrogen (secondary N) is 1. The summed E-state index contributed by atoms with van der Waals surface area (Å²) in [7, 11) is 2.12. The van der Waals surface area contributed by atoms with Gasteiger partial charge in [-0.15, -0.1) is 0 Å². The Bertz CT molecular complexity index is 1220. The molecule has 0 bridgehead atoms. The van der Waals surface area contributed by atoms with Crippen molar-refractivity contribution in [3.8, 4) is 0 Å². The fraction of sp³-hybridized carbons (Fsp3) is 0.308. The van der Waals surface area contributed by atoms with Crippen molar-refractivity contribution in [3.05, 3.63) is 88.6 Å². The summed E-state index contributed by atoms with van der Waals surface area (Å²) in [5, 5.41) is 4.87. The van der Waals surface area contributed by atoms with Crippen molar-refractivity contribution in [2.24, 2.45) is 0 Å². The quantitative estimate of drug-likeness (QED) is 0.455. The molecular weight excluding hydrogens is 452 g/mol. The van der Waals surface area contributed by atoms with Crippen LogP contribution in [0.1, 0.15) is 55.4 Å². The Hall–Kier alpha value is -2.83. The van der Waals surface area contributed by atoms with Gasteiger partial charge in [-0.1, -0.05) is 23.7 Å². The second kappa shape index (κ2) is 8.19. The molecule has 0 amide bonds. The summed E-state index contributed by atoms with van der Waals surface area (Å²) in [6.07, 6.45) is 5.80. The normalized spacial score (nSPS) is 21.6. The van der Waals surface area contributed by atoms with Crippen LogP contribution < -0.4 is 10.2 Å². The number of anilines is 1. The van der Waals surface area contributed by atoms with Gasteiger partial charge in [0.1, 0.15) is 5.76 Å². The number of rotatable bonds is 4. The summed E-state index contributed by atoms with van der Waals surface area (Å²) in [4.78, 5) is 9.06. The Morgan fingerprint density at radius 3 is 2.73 bits per heavy atom. The van der Waals surface area contributed by atoms with Crippen LogP contribution in [0.5, 0.6) is 0 Å². The molecule has 170 valence electrons. The number of thiocarbonyl (C=S) groups is 1. The highest BCUT2D eigenvalue weighted by Gasteiger charge is 2.42. The fourth-order valence-electron chi connectivity index (χ4n) is 4.90. The molecule has 2 atom stereocenters. The summed E-state index contributed by atoms with van der Waals surface area (Å²) in [6.45, 7) is 7.13. The van der Waals surface area contributed by atoms with E-state index >= 15 is 0 Å². The minimum absolute atomic E-state index is 0.0831. The maximum atomic E-state index is 7.01. The Morgan fingerprint density at radius 1 is 1.21 bits per heavy atom. The predicted molar refractivity (Wildman–Crippen MR) is 137 cm³/mol. The SMILES string of the molecule is CC1=CC(C)(C)N(C)c2cc(Cl)c([C@@H]3[C@@H](c4ccccn4)NC(=S)N3Cc3ccco3)cc21. The molecular formula is C26H27ClN4OS. The summed E-state index contributed by atoms with van der Waals surface area (Å²) < 4.78 is 5.65. The number of allylic oxidation sites excluding steroid dienone is 1. The van der Waals surface area contributed by atoms with Crippen LogP contribution >= 0.6 is 23.8 Å². The number of furan rings is 1. The van der Waals surface area contributed by atoms with Gasteiger partial charge in [0.25, 0.3) is 0 Å². The molecule has 0 spiro atoms. The van der Waals surface area contributed by atoms with E-state index in [0.717, 1.165) is 22.7 Å². The van der Waals surface area contributed by atoms with Crippen LogP contribution in [0.15, 0.2) is 65.4 Å². The lowest BCUT2D eigenvalue weighted by atomic mass is 9.86. The van der Waals surface area contributed by atoms with Crippen molar-refractivity contribution in [2.45, 2.75) is 44.9 Å². The lowest BCUT2D eigenvalue weighted by Crippen LogP contribution is -2.42. The molecule has 5 nitrogen and oxygen atoms in total. The molecule has 1 aromatic carbocycles. The molecule has 2 aliphatic rings. The van der Waals surface area contributed by atoms with E-state index in [-0.39, 0.29) is 17.6 Å². The molecule has 0 radical (unpaired) electrons. The molecule has 1 fully saturated rings. The van der Waals surface area contributed by atoms with Crippen LogP contribution in [0.2, 0.25) is 5.02 Å². The molecule has 4 heterocycles. The molecule has 1 N–H and O–H groups in total. The topological polar surface area (TPSA) is 44.5 Å². The van der Waals surface area contributed by atoms with Crippen LogP contribution in [0.3, 0.4) is 0 Å². The van der Waals surface area contributed by atoms with Crippen molar-refractivity contribution < 1.29 is 4.42 Å². The van der Waals surface area contributed by atoms with Crippen LogP contribution in [-0.4, -0.2) is 27.6 Å². The van der Waals surface area contributed by atoms with Crippen LogP contribution in [-0.2, 0) is 6.54 Å². The predicted octanol–water partition coefficient (Wildman–Crippen LogP) is 6.13. The van der Waals surface area contributed by atoms with Gasteiger partial charge in [-0.25, -0.2) is 0 Å². The molecule has 2 aromatic heterocycles. The number of hydrogen-bond acceptors (Lipinski definition) is 4. The highest BCUT2D eigenvalue weighted by Crippen LogP contribution is 2.47. The van der Waals surface area contributed by atoms with E-state index in [1.165, 1.54) is 11.1 Å². The number of benzene rings is 1.